The zero-order chi connectivity index (χ0) is 15.8. The molecule has 0 spiro atoms. The Labute approximate surface area is 141 Å². The smallest absolute Gasteiger partial charge is 0.244 e. The maximum absolute atomic E-state index is 12.7. The molecule has 4 nitrogen and oxygen atoms in total. The van der Waals surface area contributed by atoms with Gasteiger partial charge in [0.05, 0.1) is 11.9 Å². The van der Waals surface area contributed by atoms with E-state index < -0.39 is 0 Å². The number of carbonyl (C=O) groups excluding carboxylic acids is 2. The highest BCUT2D eigenvalue weighted by atomic mass is 32.2. The van der Waals surface area contributed by atoms with Crippen LogP contribution in [0.5, 0.6) is 0 Å². The molecule has 0 unspecified atom stereocenters. The molecular weight excluding hydrogens is 308 g/mol. The van der Waals surface area contributed by atoms with Crippen LogP contribution in [-0.4, -0.2) is 34.4 Å². The van der Waals surface area contributed by atoms with Crippen molar-refractivity contribution < 1.29 is 9.59 Å². The summed E-state index contributed by atoms with van der Waals surface area (Å²) in [5, 5.41) is 3.19. The lowest BCUT2D eigenvalue weighted by Gasteiger charge is -2.32. The van der Waals surface area contributed by atoms with Gasteiger partial charge in [0, 0.05) is 11.7 Å². The Hall–Kier alpha value is -1.49. The molecule has 23 heavy (non-hydrogen) atoms. The van der Waals surface area contributed by atoms with Crippen molar-refractivity contribution in [2.24, 2.45) is 5.92 Å². The van der Waals surface area contributed by atoms with Crippen LogP contribution in [0.4, 0.5) is 0 Å². The van der Waals surface area contributed by atoms with Gasteiger partial charge in [0.25, 0.3) is 0 Å². The van der Waals surface area contributed by atoms with Gasteiger partial charge in [0.2, 0.25) is 11.8 Å². The third kappa shape index (κ3) is 2.75. The Kier molecular flexibility index (Phi) is 4.05. The number of benzene rings is 1. The fourth-order valence-electron chi connectivity index (χ4n) is 3.74. The van der Waals surface area contributed by atoms with E-state index in [0.29, 0.717) is 5.88 Å². The number of carbonyl (C=O) groups is 2. The van der Waals surface area contributed by atoms with Gasteiger partial charge in [-0.2, -0.15) is 0 Å². The largest absolute Gasteiger partial charge is 0.347 e. The van der Waals surface area contributed by atoms with Crippen LogP contribution in [-0.2, 0) is 16.0 Å². The summed E-state index contributed by atoms with van der Waals surface area (Å²) in [6.45, 7) is 0. The van der Waals surface area contributed by atoms with Crippen molar-refractivity contribution in [3.8, 4) is 0 Å². The molecule has 2 atom stereocenters. The summed E-state index contributed by atoms with van der Waals surface area (Å²) in [4.78, 5) is 27.1. The van der Waals surface area contributed by atoms with Gasteiger partial charge in [-0.1, -0.05) is 30.7 Å². The molecule has 0 radical (unpaired) electrons. The highest BCUT2D eigenvalue weighted by Crippen LogP contribution is 2.34. The van der Waals surface area contributed by atoms with E-state index in [4.69, 9.17) is 0 Å². The predicted molar refractivity (Wildman–Crippen MR) is 90.9 cm³/mol. The maximum Gasteiger partial charge on any atom is 0.244 e. The van der Waals surface area contributed by atoms with E-state index in [-0.39, 0.29) is 29.8 Å². The van der Waals surface area contributed by atoms with E-state index in [9.17, 15) is 9.59 Å². The average Bonchev–Trinajstić information content (AvgIpc) is 3.13. The Balaban J connectivity index is 1.43. The molecule has 0 aromatic heterocycles. The van der Waals surface area contributed by atoms with E-state index >= 15 is 0 Å². The lowest BCUT2D eigenvalue weighted by molar-refractivity contribution is -0.143. The Bertz CT molecular complexity index is 629. The number of nitrogens with zero attached hydrogens (tertiary/aromatic N) is 1. The first-order chi connectivity index (χ1) is 11.2. The number of nitrogens with one attached hydrogen (secondary N) is 1. The van der Waals surface area contributed by atoms with Gasteiger partial charge in [0.15, 0.2) is 0 Å². The number of amides is 2. The molecule has 1 aromatic carbocycles. The van der Waals surface area contributed by atoms with Gasteiger partial charge >= 0.3 is 0 Å². The van der Waals surface area contributed by atoms with Crippen LogP contribution < -0.4 is 5.32 Å². The van der Waals surface area contributed by atoms with Crippen LogP contribution in [0.3, 0.4) is 0 Å². The maximum atomic E-state index is 12.7. The molecule has 1 saturated heterocycles. The summed E-state index contributed by atoms with van der Waals surface area (Å²) in [6, 6.07) is 8.13. The second-order valence-corrected chi connectivity index (χ2v) is 7.75. The minimum atomic E-state index is -0.291. The second-order valence-electron chi connectivity index (χ2n) is 6.75. The molecule has 3 aliphatic rings. The van der Waals surface area contributed by atoms with Crippen molar-refractivity contribution in [1.29, 1.82) is 0 Å². The first kappa shape index (κ1) is 15.1. The zero-order valence-electron chi connectivity index (χ0n) is 13.2. The van der Waals surface area contributed by atoms with Crippen LogP contribution in [0.1, 0.15) is 42.9 Å². The Morgan fingerprint density at radius 3 is 2.78 bits per heavy atom. The number of hydrogen-bond donors (Lipinski definition) is 1. The van der Waals surface area contributed by atoms with Crippen LogP contribution in [0.2, 0.25) is 0 Å². The first-order valence-electron chi connectivity index (χ1n) is 8.50. The summed E-state index contributed by atoms with van der Waals surface area (Å²) in [7, 11) is 0. The van der Waals surface area contributed by atoms with Crippen LogP contribution in [0, 0.1) is 5.92 Å². The Morgan fingerprint density at radius 2 is 2.00 bits per heavy atom. The third-order valence-electron chi connectivity index (χ3n) is 5.37. The number of aryl methyl sites for hydroxylation is 1. The molecule has 4 rings (SSSR count). The fraction of sp³-hybridized carbons (Fsp3) is 0.556. The van der Waals surface area contributed by atoms with E-state index in [1.54, 1.807) is 11.8 Å². The van der Waals surface area contributed by atoms with Gasteiger partial charge in [-0.05, 0) is 36.8 Å². The highest BCUT2D eigenvalue weighted by molar-refractivity contribution is 7.99. The van der Waals surface area contributed by atoms with Crippen molar-refractivity contribution in [3.05, 3.63) is 35.4 Å². The fourth-order valence-corrected chi connectivity index (χ4v) is 4.91. The Morgan fingerprint density at radius 1 is 1.17 bits per heavy atom. The van der Waals surface area contributed by atoms with E-state index in [0.717, 1.165) is 37.9 Å². The van der Waals surface area contributed by atoms with E-state index in [2.05, 4.69) is 23.5 Å². The normalized spacial score (nSPS) is 26.7. The quantitative estimate of drug-likeness (QED) is 0.926. The van der Waals surface area contributed by atoms with Crippen LogP contribution >= 0.6 is 11.8 Å². The number of rotatable bonds is 3. The minimum absolute atomic E-state index is 0.0179. The van der Waals surface area contributed by atoms with Gasteiger partial charge in [-0.25, -0.2) is 0 Å². The third-order valence-corrected chi connectivity index (χ3v) is 6.38. The SMILES string of the molecule is O=C(N[C@@H]1CCc2ccccc21)[C@@H]1CSCN1C(=O)C1CCC1. The molecule has 1 aromatic rings. The van der Waals surface area contributed by atoms with Crippen molar-refractivity contribution in [1.82, 2.24) is 10.2 Å². The monoisotopic (exact) mass is 330 g/mol. The molecule has 122 valence electrons. The van der Waals surface area contributed by atoms with Crippen molar-refractivity contribution >= 4 is 23.6 Å². The lowest BCUT2D eigenvalue weighted by atomic mass is 9.84. The average molecular weight is 330 g/mol. The van der Waals surface area contributed by atoms with Gasteiger partial charge in [-0.15, -0.1) is 11.8 Å². The molecule has 2 fully saturated rings. The zero-order valence-corrected chi connectivity index (χ0v) is 14.0. The standard InChI is InChI=1S/C18H22N2O2S/c21-17(19-15-9-8-12-4-1-2-7-14(12)15)16-10-23-11-20(16)18(22)13-5-3-6-13/h1-2,4,7,13,15-16H,3,5-6,8-11H2,(H,19,21)/t15-,16+/m1/s1. The van der Waals surface area contributed by atoms with Crippen molar-refractivity contribution in [2.45, 2.75) is 44.2 Å². The second kappa shape index (κ2) is 6.19. The summed E-state index contributed by atoms with van der Waals surface area (Å²) < 4.78 is 0. The number of fused-ring (bicyclic) bond motifs is 1. The predicted octanol–water partition coefficient (Wildman–Crippen LogP) is 2.49. The molecule has 1 N–H and O–H groups in total. The highest BCUT2D eigenvalue weighted by Gasteiger charge is 2.40. The molecule has 2 amide bonds. The summed E-state index contributed by atoms with van der Waals surface area (Å²) in [5.74, 6) is 1.75. The minimum Gasteiger partial charge on any atom is -0.347 e. The molecular formula is C18H22N2O2S. The molecule has 1 saturated carbocycles. The summed E-state index contributed by atoms with van der Waals surface area (Å²) >= 11 is 1.69. The van der Waals surface area contributed by atoms with Crippen LogP contribution in [0.15, 0.2) is 24.3 Å². The van der Waals surface area contributed by atoms with Crippen molar-refractivity contribution in [3.63, 3.8) is 0 Å². The first-order valence-corrected chi connectivity index (χ1v) is 9.66. The number of hydrogen-bond acceptors (Lipinski definition) is 3. The summed E-state index contributed by atoms with van der Waals surface area (Å²) in [6.07, 6.45) is 5.11. The molecule has 1 heterocycles. The molecule has 1 aliphatic heterocycles. The van der Waals surface area contributed by atoms with Crippen LogP contribution in [0.25, 0.3) is 0 Å². The van der Waals surface area contributed by atoms with E-state index in [1.165, 1.54) is 11.1 Å². The van der Waals surface area contributed by atoms with Gasteiger partial charge < -0.3 is 10.2 Å². The van der Waals surface area contributed by atoms with Gasteiger partial charge in [-0.3, -0.25) is 9.59 Å². The van der Waals surface area contributed by atoms with E-state index in [1.807, 2.05) is 11.0 Å². The molecule has 5 heteroatoms. The summed E-state index contributed by atoms with van der Waals surface area (Å²) in [5.41, 5.74) is 2.57. The lowest BCUT2D eigenvalue weighted by Crippen LogP contribution is -2.50. The van der Waals surface area contributed by atoms with Crippen molar-refractivity contribution in [2.75, 3.05) is 11.6 Å². The van der Waals surface area contributed by atoms with Gasteiger partial charge in [0.1, 0.15) is 6.04 Å². The number of thioether (sulfide) groups is 1. The topological polar surface area (TPSA) is 49.4 Å². The molecule has 2 aliphatic carbocycles. The molecule has 0 bridgehead atoms.